The van der Waals surface area contributed by atoms with Crippen molar-refractivity contribution in [1.82, 2.24) is 10.2 Å². The highest BCUT2D eigenvalue weighted by molar-refractivity contribution is 4.92. The lowest BCUT2D eigenvalue weighted by Crippen LogP contribution is -2.32. The fourth-order valence-electron chi connectivity index (χ4n) is 5.56. The molecule has 0 radical (unpaired) electrons. The SMILES string of the molecule is CCCCC/C=C\C/C=C\CCCCCCCCC(CCCCCC)N(C)C/C=C/CC1CCNCC1. The number of nitrogens with one attached hydrogen (secondary N) is 1. The lowest BCUT2D eigenvalue weighted by molar-refractivity contribution is 0.229. The van der Waals surface area contributed by atoms with Crippen LogP contribution in [0, 0.1) is 5.92 Å². The molecule has 1 N–H and O–H groups in total. The van der Waals surface area contributed by atoms with E-state index in [1.807, 2.05) is 0 Å². The molecule has 1 heterocycles. The molecule has 0 saturated carbocycles. The minimum Gasteiger partial charge on any atom is -0.317 e. The average molecular weight is 515 g/mol. The van der Waals surface area contributed by atoms with E-state index >= 15 is 0 Å². The summed E-state index contributed by atoms with van der Waals surface area (Å²) >= 11 is 0. The second-order valence-corrected chi connectivity index (χ2v) is 11.7. The fraction of sp³-hybridized carbons (Fsp3) is 0.829. The van der Waals surface area contributed by atoms with Crippen LogP contribution in [0.2, 0.25) is 0 Å². The Morgan fingerprint density at radius 1 is 0.649 bits per heavy atom. The van der Waals surface area contributed by atoms with Crippen molar-refractivity contribution in [1.29, 1.82) is 0 Å². The monoisotopic (exact) mass is 515 g/mol. The van der Waals surface area contributed by atoms with Gasteiger partial charge in [0.25, 0.3) is 0 Å². The van der Waals surface area contributed by atoms with Gasteiger partial charge in [0, 0.05) is 12.6 Å². The Morgan fingerprint density at radius 3 is 1.84 bits per heavy atom. The van der Waals surface area contributed by atoms with Gasteiger partial charge in [0.1, 0.15) is 0 Å². The Labute approximate surface area is 233 Å². The van der Waals surface area contributed by atoms with Crippen LogP contribution in [-0.4, -0.2) is 37.6 Å². The highest BCUT2D eigenvalue weighted by Gasteiger charge is 2.14. The minimum absolute atomic E-state index is 0.770. The van der Waals surface area contributed by atoms with Gasteiger partial charge in [-0.05, 0) is 90.3 Å². The van der Waals surface area contributed by atoms with E-state index < -0.39 is 0 Å². The maximum atomic E-state index is 3.49. The Morgan fingerprint density at radius 2 is 1.19 bits per heavy atom. The van der Waals surface area contributed by atoms with Gasteiger partial charge in [0.2, 0.25) is 0 Å². The molecule has 37 heavy (non-hydrogen) atoms. The number of unbranched alkanes of at least 4 members (excludes halogenated alkanes) is 12. The fourth-order valence-corrected chi connectivity index (χ4v) is 5.56. The first-order valence-electron chi connectivity index (χ1n) is 16.6. The maximum Gasteiger partial charge on any atom is 0.0163 e. The summed E-state index contributed by atoms with van der Waals surface area (Å²) in [7, 11) is 2.37. The summed E-state index contributed by atoms with van der Waals surface area (Å²) < 4.78 is 0. The van der Waals surface area contributed by atoms with E-state index in [0.29, 0.717) is 0 Å². The molecule has 1 aliphatic rings. The number of rotatable bonds is 25. The normalized spacial score (nSPS) is 16.2. The van der Waals surface area contributed by atoms with Crippen molar-refractivity contribution in [3.05, 3.63) is 36.5 Å². The minimum atomic E-state index is 0.770. The van der Waals surface area contributed by atoms with Gasteiger partial charge in [0.15, 0.2) is 0 Å². The zero-order valence-electron chi connectivity index (χ0n) is 25.5. The second-order valence-electron chi connectivity index (χ2n) is 11.7. The van der Waals surface area contributed by atoms with E-state index in [-0.39, 0.29) is 0 Å². The number of hydrogen-bond acceptors (Lipinski definition) is 2. The summed E-state index contributed by atoms with van der Waals surface area (Å²) in [5.74, 6) is 0.908. The van der Waals surface area contributed by atoms with E-state index in [9.17, 15) is 0 Å². The third-order valence-electron chi connectivity index (χ3n) is 8.24. The van der Waals surface area contributed by atoms with Gasteiger partial charge in [-0.3, -0.25) is 4.90 Å². The number of hydrogen-bond donors (Lipinski definition) is 1. The van der Waals surface area contributed by atoms with Crippen molar-refractivity contribution < 1.29 is 0 Å². The first-order chi connectivity index (χ1) is 18.3. The molecule has 0 aromatic carbocycles. The summed E-state index contributed by atoms with van der Waals surface area (Å²) in [5.41, 5.74) is 0. The molecule has 1 aliphatic heterocycles. The summed E-state index contributed by atoms with van der Waals surface area (Å²) in [6, 6.07) is 0.770. The van der Waals surface area contributed by atoms with Crippen molar-refractivity contribution in [3.63, 3.8) is 0 Å². The van der Waals surface area contributed by atoms with Crippen molar-refractivity contribution in [2.75, 3.05) is 26.7 Å². The van der Waals surface area contributed by atoms with E-state index in [0.717, 1.165) is 24.9 Å². The molecule has 0 aromatic heterocycles. The number of piperidine rings is 1. The molecular formula is C35H66N2. The van der Waals surface area contributed by atoms with Gasteiger partial charge in [-0.15, -0.1) is 0 Å². The smallest absolute Gasteiger partial charge is 0.0163 e. The van der Waals surface area contributed by atoms with Gasteiger partial charge in [-0.2, -0.15) is 0 Å². The quantitative estimate of drug-likeness (QED) is 0.0962. The summed E-state index contributed by atoms with van der Waals surface area (Å²) in [6.45, 7) is 8.15. The standard InChI is InChI=1S/C35H66N2/c1-4-6-8-10-11-12-13-14-15-16-17-18-19-20-21-23-28-35(27-22-9-7-5-2)37(3)33-25-24-26-34-29-31-36-32-30-34/h11-12,14-15,24-25,34-36H,4-10,13,16-23,26-33H2,1-3H3/b12-11-,15-14-,25-24+. The largest absolute Gasteiger partial charge is 0.317 e. The Hall–Kier alpha value is -0.860. The number of likely N-dealkylation sites (N-methyl/N-ethyl adjacent to an activating group) is 1. The van der Waals surface area contributed by atoms with Gasteiger partial charge in [0.05, 0.1) is 0 Å². The van der Waals surface area contributed by atoms with E-state index in [2.05, 4.69) is 67.6 Å². The topological polar surface area (TPSA) is 15.3 Å². The molecule has 216 valence electrons. The van der Waals surface area contributed by atoms with Crippen molar-refractivity contribution in [2.24, 2.45) is 5.92 Å². The molecule has 0 bridgehead atoms. The van der Waals surface area contributed by atoms with Gasteiger partial charge in [-0.25, -0.2) is 0 Å². The van der Waals surface area contributed by atoms with Crippen molar-refractivity contribution >= 4 is 0 Å². The first kappa shape index (κ1) is 34.2. The third kappa shape index (κ3) is 21.7. The molecule has 1 saturated heterocycles. The molecule has 2 heteroatoms. The first-order valence-corrected chi connectivity index (χ1v) is 16.6. The lowest BCUT2D eigenvalue weighted by Gasteiger charge is -2.27. The maximum absolute atomic E-state index is 3.49. The molecule has 2 nitrogen and oxygen atoms in total. The average Bonchev–Trinajstić information content (AvgIpc) is 2.92. The van der Waals surface area contributed by atoms with Crippen LogP contribution in [0.3, 0.4) is 0 Å². The Balaban J connectivity index is 2.12. The van der Waals surface area contributed by atoms with Crippen LogP contribution in [0.4, 0.5) is 0 Å². The zero-order chi connectivity index (χ0) is 26.7. The van der Waals surface area contributed by atoms with E-state index in [4.69, 9.17) is 0 Å². The van der Waals surface area contributed by atoms with Crippen LogP contribution in [-0.2, 0) is 0 Å². The van der Waals surface area contributed by atoms with Crippen LogP contribution in [0.5, 0.6) is 0 Å². The molecule has 0 amide bonds. The molecular weight excluding hydrogens is 448 g/mol. The van der Waals surface area contributed by atoms with Crippen molar-refractivity contribution in [3.8, 4) is 0 Å². The molecule has 1 rings (SSSR count). The third-order valence-corrected chi connectivity index (χ3v) is 8.24. The second kappa shape index (κ2) is 26.7. The predicted octanol–water partition coefficient (Wildman–Crippen LogP) is 10.4. The predicted molar refractivity (Wildman–Crippen MR) is 169 cm³/mol. The molecule has 0 aromatic rings. The molecule has 1 fully saturated rings. The van der Waals surface area contributed by atoms with Crippen molar-refractivity contribution in [2.45, 2.75) is 155 Å². The van der Waals surface area contributed by atoms with E-state index in [1.165, 1.54) is 142 Å². The molecule has 1 unspecified atom stereocenters. The highest BCUT2D eigenvalue weighted by Crippen LogP contribution is 2.19. The van der Waals surface area contributed by atoms with Crippen LogP contribution in [0.1, 0.15) is 149 Å². The summed E-state index contributed by atoms with van der Waals surface area (Å²) in [4.78, 5) is 2.65. The van der Waals surface area contributed by atoms with Gasteiger partial charge in [-0.1, -0.05) is 121 Å². The summed E-state index contributed by atoms with van der Waals surface area (Å²) in [6.07, 6.45) is 42.8. The molecule has 0 spiro atoms. The van der Waals surface area contributed by atoms with E-state index in [1.54, 1.807) is 0 Å². The highest BCUT2D eigenvalue weighted by atomic mass is 15.1. The molecule has 1 atom stereocenters. The Bertz CT molecular complexity index is 543. The zero-order valence-corrected chi connectivity index (χ0v) is 25.5. The lowest BCUT2D eigenvalue weighted by atomic mass is 9.94. The van der Waals surface area contributed by atoms with Gasteiger partial charge < -0.3 is 5.32 Å². The number of nitrogens with zero attached hydrogens (tertiary/aromatic N) is 1. The number of allylic oxidation sites excluding steroid dienone is 5. The summed E-state index contributed by atoms with van der Waals surface area (Å²) in [5, 5.41) is 3.49. The Kier molecular flexibility index (Phi) is 24.7. The van der Waals surface area contributed by atoms with Crippen LogP contribution in [0.15, 0.2) is 36.5 Å². The van der Waals surface area contributed by atoms with Gasteiger partial charge >= 0.3 is 0 Å². The molecule has 0 aliphatic carbocycles. The van der Waals surface area contributed by atoms with Crippen LogP contribution >= 0.6 is 0 Å². The van der Waals surface area contributed by atoms with Crippen LogP contribution < -0.4 is 5.32 Å². The van der Waals surface area contributed by atoms with Crippen LogP contribution in [0.25, 0.3) is 0 Å².